The van der Waals surface area contributed by atoms with Crippen molar-refractivity contribution in [3.8, 4) is 0 Å². The normalized spacial score (nSPS) is 10.3. The Kier molecular flexibility index (Phi) is 5.56. The van der Waals surface area contributed by atoms with Gasteiger partial charge in [-0.1, -0.05) is 15.9 Å². The van der Waals surface area contributed by atoms with Gasteiger partial charge in [-0.3, -0.25) is 9.59 Å². The third kappa shape index (κ3) is 4.11. The largest absolute Gasteiger partial charge is 0.451 e. The molecule has 2 aromatic rings. The fourth-order valence-corrected chi connectivity index (χ4v) is 2.68. The van der Waals surface area contributed by atoms with E-state index in [1.54, 1.807) is 38.1 Å². The Labute approximate surface area is 147 Å². The minimum atomic E-state index is -0.672. The van der Waals surface area contributed by atoms with Crippen LogP contribution >= 0.6 is 15.9 Å². The van der Waals surface area contributed by atoms with Crippen LogP contribution in [0.25, 0.3) is 0 Å². The van der Waals surface area contributed by atoms with Crippen LogP contribution in [0.5, 0.6) is 0 Å². The molecule has 0 fully saturated rings. The smallest absolute Gasteiger partial charge is 0.355 e. The van der Waals surface area contributed by atoms with Gasteiger partial charge in [0.25, 0.3) is 5.91 Å². The number of benzene rings is 1. The molecule has 1 aromatic heterocycles. The van der Waals surface area contributed by atoms with E-state index in [2.05, 4.69) is 26.2 Å². The summed E-state index contributed by atoms with van der Waals surface area (Å²) in [5.74, 6) is -1.25. The summed E-state index contributed by atoms with van der Waals surface area (Å²) in [6.07, 6.45) is 0. The number of hydrogen-bond donors (Lipinski definition) is 2. The first-order valence-corrected chi connectivity index (χ1v) is 8.01. The monoisotopic (exact) mass is 392 g/mol. The fourth-order valence-electron chi connectivity index (χ4n) is 2.42. The van der Waals surface area contributed by atoms with Crippen molar-refractivity contribution in [2.45, 2.75) is 20.8 Å². The molecule has 0 unspecified atom stereocenters. The fraction of sp³-hybridized carbons (Fsp3) is 0.235. The number of H-pyrrole nitrogens is 1. The van der Waals surface area contributed by atoms with Gasteiger partial charge in [0.2, 0.25) is 0 Å². The molecule has 24 heavy (non-hydrogen) atoms. The highest BCUT2D eigenvalue weighted by atomic mass is 79.9. The maximum atomic E-state index is 12.1. The number of halogens is 1. The van der Waals surface area contributed by atoms with E-state index < -0.39 is 18.5 Å². The number of aromatic amines is 1. The number of ketones is 1. The van der Waals surface area contributed by atoms with Gasteiger partial charge in [0, 0.05) is 21.4 Å². The molecule has 2 N–H and O–H groups in total. The van der Waals surface area contributed by atoms with Gasteiger partial charge in [-0.25, -0.2) is 4.79 Å². The van der Waals surface area contributed by atoms with E-state index in [0.717, 1.165) is 4.47 Å². The molecule has 126 valence electrons. The van der Waals surface area contributed by atoms with Crippen molar-refractivity contribution in [1.82, 2.24) is 4.98 Å². The van der Waals surface area contributed by atoms with Crippen molar-refractivity contribution in [3.05, 3.63) is 51.3 Å². The van der Waals surface area contributed by atoms with E-state index in [1.807, 2.05) is 0 Å². The van der Waals surface area contributed by atoms with Crippen LogP contribution in [0.4, 0.5) is 5.69 Å². The van der Waals surface area contributed by atoms with E-state index >= 15 is 0 Å². The van der Waals surface area contributed by atoms with E-state index in [0.29, 0.717) is 22.5 Å². The molecule has 0 bridgehead atoms. The van der Waals surface area contributed by atoms with Gasteiger partial charge in [0.1, 0.15) is 5.69 Å². The zero-order valence-corrected chi connectivity index (χ0v) is 15.1. The minimum Gasteiger partial charge on any atom is -0.451 e. The molecule has 0 aliphatic heterocycles. The lowest BCUT2D eigenvalue weighted by Crippen LogP contribution is -2.21. The number of carbonyl (C=O) groups is 3. The number of anilines is 1. The number of aryl methyl sites for hydroxylation is 1. The lowest BCUT2D eigenvalue weighted by molar-refractivity contribution is -0.119. The number of ether oxygens (including phenoxy) is 1. The first-order chi connectivity index (χ1) is 11.3. The van der Waals surface area contributed by atoms with Crippen molar-refractivity contribution in [1.29, 1.82) is 0 Å². The van der Waals surface area contributed by atoms with Crippen LogP contribution in [-0.2, 0) is 9.53 Å². The molecule has 0 saturated heterocycles. The van der Waals surface area contributed by atoms with Gasteiger partial charge in [-0.05, 0) is 50.6 Å². The van der Waals surface area contributed by atoms with Crippen LogP contribution in [-0.4, -0.2) is 29.3 Å². The summed E-state index contributed by atoms with van der Waals surface area (Å²) < 4.78 is 5.91. The highest BCUT2D eigenvalue weighted by Gasteiger charge is 2.21. The maximum Gasteiger partial charge on any atom is 0.355 e. The minimum absolute atomic E-state index is 0.131. The van der Waals surface area contributed by atoms with E-state index in [4.69, 9.17) is 4.74 Å². The number of esters is 1. The number of Topliss-reactive ketones (excluding diaryl/α,β-unsaturated/α-hetero) is 1. The van der Waals surface area contributed by atoms with Gasteiger partial charge in [0.05, 0.1) is 0 Å². The Morgan fingerprint density at radius 1 is 1.17 bits per heavy atom. The summed E-state index contributed by atoms with van der Waals surface area (Å²) in [5, 5.41) is 2.62. The number of nitrogens with one attached hydrogen (secondary N) is 2. The van der Waals surface area contributed by atoms with Crippen LogP contribution < -0.4 is 5.32 Å². The SMILES string of the molecule is CC(=O)c1c(C)[nH]c(C(=O)OCC(=O)Nc2ccc(Br)cc2)c1C. The first-order valence-electron chi connectivity index (χ1n) is 7.22. The molecule has 6 nitrogen and oxygen atoms in total. The van der Waals surface area contributed by atoms with Gasteiger partial charge < -0.3 is 15.0 Å². The highest BCUT2D eigenvalue weighted by molar-refractivity contribution is 9.10. The van der Waals surface area contributed by atoms with Crippen LogP contribution in [0, 0.1) is 13.8 Å². The topological polar surface area (TPSA) is 88.3 Å². The predicted molar refractivity (Wildman–Crippen MR) is 93.3 cm³/mol. The molecule has 1 heterocycles. The summed E-state index contributed by atoms with van der Waals surface area (Å²) in [4.78, 5) is 38.4. The first kappa shape index (κ1) is 17.9. The van der Waals surface area contributed by atoms with Gasteiger partial charge in [-0.15, -0.1) is 0 Å². The van der Waals surface area contributed by atoms with Crippen molar-refractivity contribution in [2.24, 2.45) is 0 Å². The molecule has 2 rings (SSSR count). The van der Waals surface area contributed by atoms with Crippen molar-refractivity contribution < 1.29 is 19.1 Å². The lowest BCUT2D eigenvalue weighted by atomic mass is 10.1. The highest BCUT2D eigenvalue weighted by Crippen LogP contribution is 2.19. The number of aromatic nitrogens is 1. The maximum absolute atomic E-state index is 12.1. The average Bonchev–Trinajstić information content (AvgIpc) is 2.82. The predicted octanol–water partition coefficient (Wildman–Crippen LogP) is 3.39. The standard InChI is InChI=1S/C17H17BrN2O4/c1-9-15(11(3)21)10(2)19-16(9)17(23)24-8-14(22)20-13-6-4-12(18)5-7-13/h4-7,19H,8H2,1-3H3,(H,20,22). The van der Waals surface area contributed by atoms with E-state index in [1.165, 1.54) is 6.92 Å². The Bertz CT molecular complexity index is 794. The van der Waals surface area contributed by atoms with Crippen LogP contribution in [0.3, 0.4) is 0 Å². The Balaban J connectivity index is 1.98. The number of rotatable bonds is 5. The summed E-state index contributed by atoms with van der Waals surface area (Å²) >= 11 is 3.30. The third-order valence-corrected chi connectivity index (χ3v) is 3.98. The molecule has 0 atom stereocenters. The summed E-state index contributed by atoms with van der Waals surface area (Å²) in [5.41, 5.74) is 2.39. The van der Waals surface area contributed by atoms with Crippen molar-refractivity contribution in [3.63, 3.8) is 0 Å². The van der Waals surface area contributed by atoms with Crippen LogP contribution in [0.1, 0.15) is 39.0 Å². The second kappa shape index (κ2) is 7.44. The van der Waals surface area contributed by atoms with Gasteiger partial charge >= 0.3 is 5.97 Å². The Hall–Kier alpha value is -2.41. The third-order valence-electron chi connectivity index (χ3n) is 3.46. The number of amides is 1. The summed E-state index contributed by atoms with van der Waals surface area (Å²) in [6, 6.07) is 7.02. The van der Waals surface area contributed by atoms with Gasteiger partial charge in [-0.2, -0.15) is 0 Å². The van der Waals surface area contributed by atoms with Crippen LogP contribution in [0.2, 0.25) is 0 Å². The number of carbonyl (C=O) groups excluding carboxylic acids is 3. The molecule has 0 spiro atoms. The lowest BCUT2D eigenvalue weighted by Gasteiger charge is -2.06. The Morgan fingerprint density at radius 3 is 2.33 bits per heavy atom. The molecule has 7 heteroatoms. The average molecular weight is 393 g/mol. The Morgan fingerprint density at radius 2 is 1.79 bits per heavy atom. The zero-order chi connectivity index (χ0) is 17.9. The van der Waals surface area contributed by atoms with E-state index in [9.17, 15) is 14.4 Å². The van der Waals surface area contributed by atoms with E-state index in [-0.39, 0.29) is 11.5 Å². The molecule has 0 saturated carbocycles. The van der Waals surface area contributed by atoms with Crippen molar-refractivity contribution >= 4 is 39.3 Å². The van der Waals surface area contributed by atoms with Crippen molar-refractivity contribution in [2.75, 3.05) is 11.9 Å². The summed E-state index contributed by atoms with van der Waals surface area (Å²) in [6.45, 7) is 4.39. The molecule has 1 aromatic carbocycles. The second-order valence-electron chi connectivity index (χ2n) is 5.31. The number of hydrogen-bond acceptors (Lipinski definition) is 4. The molecule has 0 aliphatic rings. The quantitative estimate of drug-likeness (QED) is 0.602. The van der Waals surface area contributed by atoms with Crippen LogP contribution in [0.15, 0.2) is 28.7 Å². The molecule has 1 amide bonds. The van der Waals surface area contributed by atoms with Gasteiger partial charge in [0.15, 0.2) is 12.4 Å². The molecule has 0 aliphatic carbocycles. The zero-order valence-electron chi connectivity index (χ0n) is 13.5. The second-order valence-corrected chi connectivity index (χ2v) is 6.23. The molecule has 0 radical (unpaired) electrons. The molecular formula is C17H17BrN2O4. The molecular weight excluding hydrogens is 376 g/mol. The summed E-state index contributed by atoms with van der Waals surface area (Å²) in [7, 11) is 0.